The van der Waals surface area contributed by atoms with E-state index in [1.807, 2.05) is 45.0 Å². The van der Waals surface area contributed by atoms with Crippen molar-refractivity contribution in [1.82, 2.24) is 0 Å². The first-order chi connectivity index (χ1) is 11.3. The van der Waals surface area contributed by atoms with Crippen LogP contribution in [-0.4, -0.2) is 18.0 Å². The number of carbonyl (C=O) groups excluding carboxylic acids is 1. The van der Waals surface area contributed by atoms with E-state index in [9.17, 15) is 9.82 Å². The van der Waals surface area contributed by atoms with Crippen molar-refractivity contribution >= 4 is 18.5 Å². The van der Waals surface area contributed by atoms with Gasteiger partial charge in [-0.15, -0.1) is 0 Å². The third-order valence-corrected chi connectivity index (χ3v) is 4.83. The van der Waals surface area contributed by atoms with Crippen LogP contribution in [0, 0.1) is 6.92 Å². The molecule has 5 heteroatoms. The molecule has 2 aromatic carbocycles. The van der Waals surface area contributed by atoms with Gasteiger partial charge in [0.1, 0.15) is 0 Å². The third kappa shape index (κ3) is 2.97. The molecule has 0 aliphatic carbocycles. The Morgan fingerprint density at radius 2 is 2.00 bits per heavy atom. The lowest BCUT2D eigenvalue weighted by Crippen LogP contribution is -2.28. The molecule has 0 fully saturated rings. The summed E-state index contributed by atoms with van der Waals surface area (Å²) < 4.78 is 5.60. The molecule has 3 N–H and O–H groups in total. The molecule has 4 nitrogen and oxygen atoms in total. The predicted molar refractivity (Wildman–Crippen MR) is 95.3 cm³/mol. The van der Waals surface area contributed by atoms with Crippen molar-refractivity contribution in [2.75, 3.05) is 0 Å². The number of hydrogen-bond donors (Lipinski definition) is 2. The summed E-state index contributed by atoms with van der Waals surface area (Å²) in [6.45, 7) is 5.85. The number of primary amides is 1. The molecule has 0 aromatic heterocycles. The number of hydrogen-bond acceptors (Lipinski definition) is 3. The van der Waals surface area contributed by atoms with Gasteiger partial charge in [-0.1, -0.05) is 30.3 Å². The summed E-state index contributed by atoms with van der Waals surface area (Å²) in [5.74, 6) is -0.394. The van der Waals surface area contributed by atoms with Gasteiger partial charge in [-0.2, -0.15) is 0 Å². The van der Waals surface area contributed by atoms with E-state index in [4.69, 9.17) is 10.4 Å². The maximum atomic E-state index is 11.5. The van der Waals surface area contributed by atoms with Crippen molar-refractivity contribution in [2.24, 2.45) is 5.73 Å². The third-order valence-electron chi connectivity index (χ3n) is 4.83. The highest BCUT2D eigenvalue weighted by Gasteiger charge is 2.40. The minimum absolute atomic E-state index is 0.394. The highest BCUT2D eigenvalue weighted by atomic mass is 16.5. The zero-order chi connectivity index (χ0) is 17.5. The zero-order valence-corrected chi connectivity index (χ0v) is 14.3. The fourth-order valence-electron chi connectivity index (χ4n) is 3.43. The average Bonchev–Trinajstić information content (AvgIpc) is 2.75. The van der Waals surface area contributed by atoms with E-state index >= 15 is 0 Å². The summed E-state index contributed by atoms with van der Waals surface area (Å²) >= 11 is 0. The molecule has 0 bridgehead atoms. The van der Waals surface area contributed by atoms with Crippen molar-refractivity contribution in [2.45, 2.75) is 39.2 Å². The lowest BCUT2D eigenvalue weighted by Gasteiger charge is -2.19. The summed E-state index contributed by atoms with van der Waals surface area (Å²) in [6, 6.07) is 11.8. The molecule has 0 saturated heterocycles. The number of amides is 1. The maximum Gasteiger partial charge on any atom is 0.492 e. The fourth-order valence-corrected chi connectivity index (χ4v) is 3.43. The summed E-state index contributed by atoms with van der Waals surface area (Å²) in [7, 11) is -0.866. The number of carbonyl (C=O) groups is 1. The second-order valence-corrected chi connectivity index (χ2v) is 6.86. The Morgan fingerprint density at radius 1 is 1.25 bits per heavy atom. The fraction of sp³-hybridized carbons (Fsp3) is 0.316. The van der Waals surface area contributed by atoms with Gasteiger partial charge in [0.15, 0.2) is 0 Å². The first-order valence-electron chi connectivity index (χ1n) is 8.17. The van der Waals surface area contributed by atoms with Gasteiger partial charge in [0, 0.05) is 5.56 Å². The molecule has 0 saturated carbocycles. The largest absolute Gasteiger partial charge is 0.492 e. The van der Waals surface area contributed by atoms with E-state index in [-0.39, 0.29) is 0 Å². The van der Waals surface area contributed by atoms with Gasteiger partial charge in [0.25, 0.3) is 0 Å². The number of rotatable bonds is 4. The molecule has 1 amide bonds. The number of aryl methyl sites for hydroxylation is 2. The van der Waals surface area contributed by atoms with Crippen molar-refractivity contribution in [3.8, 4) is 0 Å². The van der Waals surface area contributed by atoms with Crippen LogP contribution in [0.3, 0.4) is 0 Å². The van der Waals surface area contributed by atoms with Crippen LogP contribution in [0.1, 0.15) is 46.5 Å². The average molecular weight is 323 g/mol. The van der Waals surface area contributed by atoms with Crippen LogP contribution in [0.2, 0.25) is 0 Å². The Hall–Kier alpha value is -2.11. The van der Waals surface area contributed by atoms with Gasteiger partial charge in [-0.05, 0) is 67.4 Å². The summed E-state index contributed by atoms with van der Waals surface area (Å²) in [6.07, 6.45) is 1.63. The zero-order valence-electron chi connectivity index (χ0n) is 14.3. The van der Waals surface area contributed by atoms with Crippen LogP contribution in [-0.2, 0) is 23.1 Å². The summed E-state index contributed by atoms with van der Waals surface area (Å²) in [4.78, 5) is 11.5. The van der Waals surface area contributed by atoms with Crippen LogP contribution in [0.25, 0.3) is 0 Å². The molecule has 3 rings (SSSR count). The van der Waals surface area contributed by atoms with Crippen LogP contribution in [0.4, 0.5) is 0 Å². The smallest absolute Gasteiger partial charge is 0.423 e. The first-order valence-corrected chi connectivity index (χ1v) is 8.17. The Kier molecular flexibility index (Phi) is 4.24. The minimum Gasteiger partial charge on any atom is -0.423 e. The number of benzene rings is 2. The van der Waals surface area contributed by atoms with Crippen LogP contribution < -0.4 is 11.2 Å². The maximum absolute atomic E-state index is 11.5. The Morgan fingerprint density at radius 3 is 2.71 bits per heavy atom. The van der Waals surface area contributed by atoms with E-state index in [0.29, 0.717) is 5.56 Å². The van der Waals surface area contributed by atoms with Gasteiger partial charge >= 0.3 is 7.12 Å². The molecule has 0 atom stereocenters. The van der Waals surface area contributed by atoms with Gasteiger partial charge < -0.3 is 15.4 Å². The molecular formula is C19H22BNO3. The van der Waals surface area contributed by atoms with Gasteiger partial charge in [-0.3, -0.25) is 4.79 Å². The molecule has 1 aliphatic heterocycles. The summed E-state index contributed by atoms with van der Waals surface area (Å²) in [5, 5.41) is 10.1. The quantitative estimate of drug-likeness (QED) is 0.843. The summed E-state index contributed by atoms with van der Waals surface area (Å²) in [5.41, 5.74) is 10.6. The predicted octanol–water partition coefficient (Wildman–Crippen LogP) is 1.83. The Labute approximate surface area is 142 Å². The van der Waals surface area contributed by atoms with Crippen LogP contribution in [0.15, 0.2) is 36.4 Å². The van der Waals surface area contributed by atoms with Gasteiger partial charge in [0.2, 0.25) is 5.91 Å². The highest BCUT2D eigenvalue weighted by Crippen LogP contribution is 2.30. The van der Waals surface area contributed by atoms with E-state index < -0.39 is 18.6 Å². The van der Waals surface area contributed by atoms with E-state index in [1.54, 1.807) is 6.07 Å². The number of fused-ring (bicyclic) bond motifs is 1. The SMILES string of the molecule is Cc1c(CCc2ccc3c(c2)B(O)OC3(C)C)cccc1C(N)=O. The van der Waals surface area contributed by atoms with Crippen LogP contribution in [0.5, 0.6) is 0 Å². The monoisotopic (exact) mass is 323 g/mol. The topological polar surface area (TPSA) is 72.6 Å². The van der Waals surface area contributed by atoms with E-state index in [1.165, 1.54) is 0 Å². The molecule has 2 aromatic rings. The molecule has 1 heterocycles. The van der Waals surface area contributed by atoms with Gasteiger partial charge in [-0.25, -0.2) is 0 Å². The van der Waals surface area contributed by atoms with Gasteiger partial charge in [0.05, 0.1) is 5.60 Å². The molecular weight excluding hydrogens is 301 g/mol. The Balaban J connectivity index is 1.81. The lowest BCUT2D eigenvalue weighted by atomic mass is 9.77. The molecule has 124 valence electrons. The molecule has 0 unspecified atom stereocenters. The lowest BCUT2D eigenvalue weighted by molar-refractivity contribution is 0.0995. The minimum atomic E-state index is -0.866. The van der Waals surface area contributed by atoms with Crippen molar-refractivity contribution < 1.29 is 14.5 Å². The normalized spacial score (nSPS) is 15.4. The first kappa shape index (κ1) is 16.7. The van der Waals surface area contributed by atoms with E-state index in [2.05, 4.69) is 6.07 Å². The molecule has 1 aliphatic rings. The van der Waals surface area contributed by atoms with E-state index in [0.717, 1.165) is 40.6 Å². The van der Waals surface area contributed by atoms with Crippen molar-refractivity contribution in [3.05, 3.63) is 64.2 Å². The second kappa shape index (κ2) is 6.08. The number of nitrogens with two attached hydrogens (primary N) is 1. The molecule has 0 spiro atoms. The highest BCUT2D eigenvalue weighted by molar-refractivity contribution is 6.62. The standard InChI is InChI=1S/C19H22BNO3/c1-12-14(5-4-6-15(12)18(21)22)9-7-13-8-10-16-17(11-13)20(23)24-19(16,2)3/h4-6,8,10-11,23H,7,9H2,1-3H3,(H2,21,22). The van der Waals surface area contributed by atoms with Crippen molar-refractivity contribution in [1.29, 1.82) is 0 Å². The second-order valence-electron chi connectivity index (χ2n) is 6.86. The Bertz CT molecular complexity index is 801. The van der Waals surface area contributed by atoms with Crippen LogP contribution >= 0.6 is 0 Å². The van der Waals surface area contributed by atoms with Crippen molar-refractivity contribution in [3.63, 3.8) is 0 Å². The molecule has 0 radical (unpaired) electrons. The molecule has 24 heavy (non-hydrogen) atoms.